The highest BCUT2D eigenvalue weighted by atomic mass is 79.9. The van der Waals surface area contributed by atoms with Gasteiger partial charge in [0.15, 0.2) is 0 Å². The van der Waals surface area contributed by atoms with Gasteiger partial charge in [0.1, 0.15) is 13.0 Å². The summed E-state index contributed by atoms with van der Waals surface area (Å²) in [5, 5.41) is 5.69. The second kappa shape index (κ2) is 8.21. The van der Waals surface area contributed by atoms with Gasteiger partial charge < -0.3 is 9.88 Å². The molecule has 0 aliphatic rings. The van der Waals surface area contributed by atoms with Gasteiger partial charge in [0, 0.05) is 28.7 Å². The van der Waals surface area contributed by atoms with Crippen molar-refractivity contribution in [3.63, 3.8) is 0 Å². The minimum Gasteiger partial charge on any atom is -0.345 e. The predicted molar refractivity (Wildman–Crippen MR) is 106 cm³/mol. The molecule has 5 nitrogen and oxygen atoms in total. The monoisotopic (exact) mass is 444 g/mol. The minimum absolute atomic E-state index is 0.122. The Hall–Kier alpha value is -1.27. The number of halogens is 2. The van der Waals surface area contributed by atoms with E-state index in [0.29, 0.717) is 15.6 Å². The molecule has 24 heavy (non-hydrogen) atoms. The molecule has 0 saturated heterocycles. The second-order valence-electron chi connectivity index (χ2n) is 5.08. The quantitative estimate of drug-likeness (QED) is 0.361. The van der Waals surface area contributed by atoms with E-state index in [-0.39, 0.29) is 5.28 Å². The maximum absolute atomic E-state index is 12.6. The van der Waals surface area contributed by atoms with Gasteiger partial charge in [-0.25, -0.2) is 9.97 Å². The van der Waals surface area contributed by atoms with E-state index in [2.05, 4.69) is 42.8 Å². The molecule has 0 atom stereocenters. The van der Waals surface area contributed by atoms with E-state index in [1.54, 1.807) is 37.3 Å². The molecular weight excluding hydrogens is 431 g/mol. The van der Waals surface area contributed by atoms with Crippen LogP contribution in [0.4, 0.5) is 5.82 Å². The van der Waals surface area contributed by atoms with Crippen molar-refractivity contribution in [1.29, 1.82) is 0 Å². The van der Waals surface area contributed by atoms with Gasteiger partial charge in [-0.05, 0) is 46.9 Å². The number of aromatic nitrogens is 3. The van der Waals surface area contributed by atoms with Gasteiger partial charge in [-0.3, -0.25) is 0 Å². The SMILES string of the molecule is C=C/C(=C\C(=C\Nc1nc(Cl)ncc1Br)P(C)(C)=O)c1cscn1. The number of hydrogen-bond donors (Lipinski definition) is 1. The summed E-state index contributed by atoms with van der Waals surface area (Å²) in [5.41, 5.74) is 3.33. The van der Waals surface area contributed by atoms with Crippen molar-refractivity contribution >= 4 is 57.4 Å². The Kier molecular flexibility index (Phi) is 6.52. The Morgan fingerprint density at radius 2 is 2.21 bits per heavy atom. The third-order valence-electron chi connectivity index (χ3n) is 2.94. The molecule has 0 saturated carbocycles. The summed E-state index contributed by atoms with van der Waals surface area (Å²) in [7, 11) is -2.55. The highest BCUT2D eigenvalue weighted by molar-refractivity contribution is 9.10. The average Bonchev–Trinajstić information content (AvgIpc) is 3.03. The molecule has 0 bridgehead atoms. The molecule has 2 aromatic rings. The molecule has 2 rings (SSSR count). The highest BCUT2D eigenvalue weighted by Gasteiger charge is 2.15. The first-order valence-electron chi connectivity index (χ1n) is 6.74. The van der Waals surface area contributed by atoms with E-state index < -0.39 is 7.14 Å². The van der Waals surface area contributed by atoms with Gasteiger partial charge in [-0.1, -0.05) is 12.7 Å². The van der Waals surface area contributed by atoms with E-state index >= 15 is 0 Å². The smallest absolute Gasteiger partial charge is 0.224 e. The van der Waals surface area contributed by atoms with Crippen molar-refractivity contribution in [3.05, 3.63) is 62.8 Å². The average molecular weight is 446 g/mol. The van der Waals surface area contributed by atoms with Crippen molar-refractivity contribution in [3.8, 4) is 0 Å². The van der Waals surface area contributed by atoms with Crippen LogP contribution in [0.5, 0.6) is 0 Å². The van der Waals surface area contributed by atoms with Crippen LogP contribution in [0.1, 0.15) is 5.69 Å². The molecule has 0 aliphatic carbocycles. The molecule has 0 fully saturated rings. The zero-order chi connectivity index (χ0) is 17.7. The van der Waals surface area contributed by atoms with Gasteiger partial charge in [-0.15, -0.1) is 11.3 Å². The van der Waals surface area contributed by atoms with Crippen molar-refractivity contribution in [1.82, 2.24) is 15.0 Å². The number of hydrogen-bond acceptors (Lipinski definition) is 6. The fourth-order valence-corrected chi connectivity index (χ4v) is 3.52. The molecule has 0 aliphatic heterocycles. The summed E-state index contributed by atoms with van der Waals surface area (Å²) in [5.74, 6) is 0.489. The number of nitrogens with one attached hydrogen (secondary N) is 1. The molecule has 0 spiro atoms. The molecule has 1 N–H and O–H groups in total. The third kappa shape index (κ3) is 5.11. The number of rotatable bonds is 6. The third-order valence-corrected chi connectivity index (χ3v) is 5.80. The van der Waals surface area contributed by atoms with E-state index in [1.807, 2.05) is 11.5 Å². The van der Waals surface area contributed by atoms with Crippen LogP contribution < -0.4 is 5.32 Å². The van der Waals surface area contributed by atoms with Crippen molar-refractivity contribution in [2.24, 2.45) is 0 Å². The maximum atomic E-state index is 12.6. The molecule has 2 aromatic heterocycles. The lowest BCUT2D eigenvalue weighted by atomic mass is 10.2. The van der Waals surface area contributed by atoms with Crippen LogP contribution in [0.15, 0.2) is 51.8 Å². The predicted octanol–water partition coefficient (Wildman–Crippen LogP) is 5.49. The standard InChI is InChI=1S/C15H15BrClN4OPS/c1-4-10(13-8-24-9-20-13)5-11(23(2,3)22)6-18-14-12(16)7-19-15(17)21-14/h4-9H,1H2,2-3H3,(H,18,19,21)/b10-5+,11-6-. The summed E-state index contributed by atoms with van der Waals surface area (Å²) < 4.78 is 13.3. The Morgan fingerprint density at radius 1 is 1.46 bits per heavy atom. The zero-order valence-corrected chi connectivity index (χ0v) is 17.1. The van der Waals surface area contributed by atoms with Crippen LogP contribution in [0.25, 0.3) is 5.57 Å². The van der Waals surface area contributed by atoms with E-state index in [9.17, 15) is 4.57 Å². The fourth-order valence-electron chi connectivity index (χ4n) is 1.69. The van der Waals surface area contributed by atoms with Crippen LogP contribution in [0.3, 0.4) is 0 Å². The van der Waals surface area contributed by atoms with Crippen LogP contribution >= 0.6 is 46.0 Å². The van der Waals surface area contributed by atoms with Gasteiger partial charge in [0.05, 0.1) is 15.7 Å². The Labute approximate surface area is 158 Å². The van der Waals surface area contributed by atoms with Gasteiger partial charge in [0.2, 0.25) is 5.28 Å². The van der Waals surface area contributed by atoms with Crippen LogP contribution in [-0.4, -0.2) is 28.3 Å². The first-order chi connectivity index (χ1) is 11.3. The normalized spacial score (nSPS) is 13.0. The molecule has 0 radical (unpaired) electrons. The summed E-state index contributed by atoms with van der Waals surface area (Å²) in [6.45, 7) is 7.20. The lowest BCUT2D eigenvalue weighted by Crippen LogP contribution is -1.97. The highest BCUT2D eigenvalue weighted by Crippen LogP contribution is 2.47. The van der Waals surface area contributed by atoms with Crippen molar-refractivity contribution in [2.75, 3.05) is 18.6 Å². The molecule has 126 valence electrons. The van der Waals surface area contributed by atoms with Crippen molar-refractivity contribution < 1.29 is 4.57 Å². The van der Waals surface area contributed by atoms with Crippen LogP contribution in [0.2, 0.25) is 5.28 Å². The largest absolute Gasteiger partial charge is 0.345 e. The molecule has 0 aromatic carbocycles. The zero-order valence-electron chi connectivity index (χ0n) is 13.0. The fraction of sp³-hybridized carbons (Fsp3) is 0.133. The number of nitrogens with zero attached hydrogens (tertiary/aromatic N) is 3. The molecule has 2 heterocycles. The topological polar surface area (TPSA) is 67.8 Å². The maximum Gasteiger partial charge on any atom is 0.224 e. The Balaban J connectivity index is 2.40. The van der Waals surface area contributed by atoms with Crippen LogP contribution in [0, 0.1) is 0 Å². The van der Waals surface area contributed by atoms with E-state index in [1.165, 1.54) is 11.3 Å². The summed E-state index contributed by atoms with van der Waals surface area (Å²) >= 11 is 10.6. The summed E-state index contributed by atoms with van der Waals surface area (Å²) in [6.07, 6.45) is 6.70. The Bertz CT molecular complexity index is 845. The second-order valence-corrected chi connectivity index (χ2v) is 10.2. The number of thiazole rings is 1. The van der Waals surface area contributed by atoms with E-state index in [4.69, 9.17) is 11.6 Å². The Morgan fingerprint density at radius 3 is 2.79 bits per heavy atom. The van der Waals surface area contributed by atoms with Gasteiger partial charge in [-0.2, -0.15) is 4.98 Å². The summed E-state index contributed by atoms with van der Waals surface area (Å²) in [6, 6.07) is 0. The molecule has 9 heteroatoms. The lowest BCUT2D eigenvalue weighted by Gasteiger charge is -2.11. The lowest BCUT2D eigenvalue weighted by molar-refractivity contribution is 0.587. The van der Waals surface area contributed by atoms with E-state index in [0.717, 1.165) is 11.3 Å². The first-order valence-corrected chi connectivity index (χ1v) is 11.5. The number of allylic oxidation sites excluding steroid dienone is 4. The first kappa shape index (κ1) is 19.1. The van der Waals surface area contributed by atoms with Gasteiger partial charge in [0.25, 0.3) is 0 Å². The molecular formula is C15H15BrClN4OPS. The molecule has 0 unspecified atom stereocenters. The minimum atomic E-state index is -2.55. The summed E-state index contributed by atoms with van der Waals surface area (Å²) in [4.78, 5) is 12.2. The van der Waals surface area contributed by atoms with Gasteiger partial charge >= 0.3 is 0 Å². The van der Waals surface area contributed by atoms with Crippen LogP contribution in [-0.2, 0) is 4.57 Å². The number of anilines is 1. The van der Waals surface area contributed by atoms with Crippen molar-refractivity contribution in [2.45, 2.75) is 0 Å². The molecule has 0 amide bonds.